The summed E-state index contributed by atoms with van der Waals surface area (Å²) in [7, 11) is 0. The zero-order valence-electron chi connectivity index (χ0n) is 12.8. The Bertz CT molecular complexity index is 463. The van der Waals surface area contributed by atoms with Gasteiger partial charge in [0.2, 0.25) is 5.91 Å². The van der Waals surface area contributed by atoms with E-state index in [4.69, 9.17) is 4.74 Å². The van der Waals surface area contributed by atoms with Gasteiger partial charge in [-0.1, -0.05) is 30.3 Å². The summed E-state index contributed by atoms with van der Waals surface area (Å²) in [6, 6.07) is 10.3. The van der Waals surface area contributed by atoms with E-state index in [1.807, 2.05) is 18.2 Å². The minimum absolute atomic E-state index is 0. The van der Waals surface area contributed by atoms with Crippen molar-refractivity contribution in [3.63, 3.8) is 0 Å². The molecule has 2 saturated heterocycles. The van der Waals surface area contributed by atoms with Crippen molar-refractivity contribution in [1.82, 2.24) is 10.6 Å². The predicted octanol–water partition coefficient (Wildman–Crippen LogP) is 2.44. The number of benzene rings is 1. The highest BCUT2D eigenvalue weighted by Gasteiger charge is 2.29. The summed E-state index contributed by atoms with van der Waals surface area (Å²) in [5, 5.41) is 6.36. The predicted molar refractivity (Wildman–Crippen MR) is 89.1 cm³/mol. The Morgan fingerprint density at radius 2 is 2.05 bits per heavy atom. The first-order valence-electron chi connectivity index (χ1n) is 8.02. The Kier molecular flexibility index (Phi) is 6.68. The highest BCUT2D eigenvalue weighted by molar-refractivity contribution is 5.85. The second-order valence-electron chi connectivity index (χ2n) is 6.00. The SMILES string of the molecule is Cl.O=C(NCC1CCCOC1c1ccccc1)C1CCCN1. The van der Waals surface area contributed by atoms with Gasteiger partial charge in [-0.15, -0.1) is 12.4 Å². The maximum Gasteiger partial charge on any atom is 0.237 e. The number of nitrogens with one attached hydrogen (secondary N) is 2. The van der Waals surface area contributed by atoms with Crippen LogP contribution in [0.3, 0.4) is 0 Å². The Morgan fingerprint density at radius 1 is 1.23 bits per heavy atom. The fourth-order valence-corrected chi connectivity index (χ4v) is 3.33. The van der Waals surface area contributed by atoms with Crippen LogP contribution in [0.4, 0.5) is 0 Å². The summed E-state index contributed by atoms with van der Waals surface area (Å²) in [4.78, 5) is 12.1. The van der Waals surface area contributed by atoms with Gasteiger partial charge >= 0.3 is 0 Å². The van der Waals surface area contributed by atoms with Crippen LogP contribution in [0, 0.1) is 5.92 Å². The van der Waals surface area contributed by atoms with E-state index in [1.54, 1.807) is 0 Å². The van der Waals surface area contributed by atoms with Gasteiger partial charge < -0.3 is 15.4 Å². The number of ether oxygens (including phenoxy) is 1. The molecule has 1 amide bonds. The largest absolute Gasteiger partial charge is 0.373 e. The molecule has 122 valence electrons. The second-order valence-corrected chi connectivity index (χ2v) is 6.00. The third-order valence-electron chi connectivity index (χ3n) is 4.49. The second kappa shape index (κ2) is 8.51. The van der Waals surface area contributed by atoms with Gasteiger partial charge in [0.25, 0.3) is 0 Å². The molecular formula is C17H25ClN2O2. The molecule has 2 fully saturated rings. The third kappa shape index (κ3) is 4.22. The number of carbonyl (C=O) groups excluding carboxylic acids is 1. The van der Waals surface area contributed by atoms with Crippen molar-refractivity contribution < 1.29 is 9.53 Å². The van der Waals surface area contributed by atoms with Crippen molar-refractivity contribution in [2.45, 2.75) is 37.8 Å². The minimum atomic E-state index is 0. The zero-order valence-corrected chi connectivity index (χ0v) is 13.6. The van der Waals surface area contributed by atoms with E-state index in [1.165, 1.54) is 5.56 Å². The van der Waals surface area contributed by atoms with Gasteiger partial charge in [-0.25, -0.2) is 0 Å². The number of rotatable bonds is 4. The quantitative estimate of drug-likeness (QED) is 0.894. The van der Waals surface area contributed by atoms with E-state index >= 15 is 0 Å². The molecule has 2 aliphatic rings. The number of carbonyl (C=O) groups is 1. The standard InChI is InChI=1S/C17H24N2O2.ClH/c20-17(15-9-4-10-18-15)19-12-14-8-5-11-21-16(14)13-6-2-1-3-7-13;/h1-3,6-7,14-16,18H,4-5,8-12H2,(H,19,20);1H. The first-order valence-corrected chi connectivity index (χ1v) is 8.02. The topological polar surface area (TPSA) is 50.4 Å². The number of halogens is 1. The molecule has 1 aromatic rings. The lowest BCUT2D eigenvalue weighted by molar-refractivity contribution is -0.123. The van der Waals surface area contributed by atoms with Crippen LogP contribution in [0.1, 0.15) is 37.4 Å². The van der Waals surface area contributed by atoms with Crippen molar-refractivity contribution in [2.24, 2.45) is 5.92 Å². The van der Waals surface area contributed by atoms with Crippen molar-refractivity contribution in [3.05, 3.63) is 35.9 Å². The molecule has 0 aromatic heterocycles. The molecular weight excluding hydrogens is 300 g/mol. The molecule has 0 bridgehead atoms. The Labute approximate surface area is 138 Å². The van der Waals surface area contributed by atoms with E-state index in [2.05, 4.69) is 22.8 Å². The Hall–Kier alpha value is -1.10. The molecule has 4 nitrogen and oxygen atoms in total. The molecule has 0 spiro atoms. The average molecular weight is 325 g/mol. The Morgan fingerprint density at radius 3 is 2.77 bits per heavy atom. The summed E-state index contributed by atoms with van der Waals surface area (Å²) < 4.78 is 5.97. The maximum atomic E-state index is 12.1. The molecule has 5 heteroatoms. The molecule has 0 saturated carbocycles. The molecule has 3 atom stereocenters. The van der Waals surface area contributed by atoms with E-state index < -0.39 is 0 Å². The molecule has 2 aliphatic heterocycles. The van der Waals surface area contributed by atoms with E-state index in [-0.39, 0.29) is 30.5 Å². The first-order chi connectivity index (χ1) is 10.3. The summed E-state index contributed by atoms with van der Waals surface area (Å²) >= 11 is 0. The molecule has 0 aliphatic carbocycles. The highest BCUT2D eigenvalue weighted by atomic mass is 35.5. The monoisotopic (exact) mass is 324 g/mol. The summed E-state index contributed by atoms with van der Waals surface area (Å²) in [6.45, 7) is 2.47. The van der Waals surface area contributed by atoms with Crippen molar-refractivity contribution >= 4 is 18.3 Å². The molecule has 0 radical (unpaired) electrons. The smallest absolute Gasteiger partial charge is 0.237 e. The van der Waals surface area contributed by atoms with Crippen molar-refractivity contribution in [1.29, 1.82) is 0 Å². The van der Waals surface area contributed by atoms with Crippen LogP contribution in [0.5, 0.6) is 0 Å². The van der Waals surface area contributed by atoms with Crippen LogP contribution in [-0.4, -0.2) is 31.6 Å². The molecule has 3 unspecified atom stereocenters. The first kappa shape index (κ1) is 17.3. The van der Waals surface area contributed by atoms with Crippen LogP contribution >= 0.6 is 12.4 Å². The van der Waals surface area contributed by atoms with Crippen LogP contribution in [0.2, 0.25) is 0 Å². The van der Waals surface area contributed by atoms with Crippen molar-refractivity contribution in [2.75, 3.05) is 19.7 Å². The normalized spacial score (nSPS) is 27.9. The van der Waals surface area contributed by atoms with Crippen LogP contribution in [-0.2, 0) is 9.53 Å². The van der Waals surface area contributed by atoms with E-state index in [9.17, 15) is 4.79 Å². The summed E-state index contributed by atoms with van der Waals surface area (Å²) in [5.74, 6) is 0.511. The fourth-order valence-electron chi connectivity index (χ4n) is 3.33. The molecule has 22 heavy (non-hydrogen) atoms. The number of hydrogen-bond acceptors (Lipinski definition) is 3. The lowest BCUT2D eigenvalue weighted by Gasteiger charge is -2.32. The minimum Gasteiger partial charge on any atom is -0.373 e. The lowest BCUT2D eigenvalue weighted by atomic mass is 9.89. The average Bonchev–Trinajstić information content (AvgIpc) is 3.08. The molecule has 2 N–H and O–H groups in total. The Balaban J connectivity index is 0.00000176. The number of hydrogen-bond donors (Lipinski definition) is 2. The maximum absolute atomic E-state index is 12.1. The van der Waals surface area contributed by atoms with Crippen LogP contribution in [0.25, 0.3) is 0 Å². The van der Waals surface area contributed by atoms with Gasteiger partial charge in [-0.2, -0.15) is 0 Å². The fraction of sp³-hybridized carbons (Fsp3) is 0.588. The van der Waals surface area contributed by atoms with Gasteiger partial charge in [-0.05, 0) is 37.8 Å². The lowest BCUT2D eigenvalue weighted by Crippen LogP contribution is -2.43. The van der Waals surface area contributed by atoms with Gasteiger partial charge in [0.05, 0.1) is 12.1 Å². The highest BCUT2D eigenvalue weighted by Crippen LogP contribution is 2.33. The molecule has 3 rings (SSSR count). The zero-order chi connectivity index (χ0) is 14.5. The molecule has 2 heterocycles. The van der Waals surface area contributed by atoms with E-state index in [0.29, 0.717) is 12.5 Å². The van der Waals surface area contributed by atoms with Gasteiger partial charge in [0.15, 0.2) is 0 Å². The van der Waals surface area contributed by atoms with Gasteiger partial charge in [0.1, 0.15) is 0 Å². The summed E-state index contributed by atoms with van der Waals surface area (Å²) in [5.41, 5.74) is 1.22. The number of amides is 1. The molecule has 1 aromatic carbocycles. The van der Waals surface area contributed by atoms with Crippen LogP contribution in [0.15, 0.2) is 30.3 Å². The van der Waals surface area contributed by atoms with Gasteiger partial charge in [-0.3, -0.25) is 4.79 Å². The third-order valence-corrected chi connectivity index (χ3v) is 4.49. The van der Waals surface area contributed by atoms with Gasteiger partial charge in [0, 0.05) is 19.1 Å². The van der Waals surface area contributed by atoms with E-state index in [0.717, 1.165) is 38.8 Å². The summed E-state index contributed by atoms with van der Waals surface area (Å²) in [6.07, 6.45) is 4.34. The van der Waals surface area contributed by atoms with Crippen molar-refractivity contribution in [3.8, 4) is 0 Å². The van der Waals surface area contributed by atoms with Crippen LogP contribution < -0.4 is 10.6 Å².